The highest BCUT2D eigenvalue weighted by atomic mass is 19.4. The smallest absolute Gasteiger partial charge is 0.378 e. The average Bonchev–Trinajstić information content (AvgIpc) is 2.38. The first-order valence-electron chi connectivity index (χ1n) is 6.37. The molecule has 1 atom stereocenters. The van der Waals surface area contributed by atoms with Crippen LogP contribution in [0.15, 0.2) is 48.5 Å². The molecule has 2 aromatic rings. The summed E-state index contributed by atoms with van der Waals surface area (Å²) in [6.07, 6.45) is -4.35. The Morgan fingerprint density at radius 3 is 2.35 bits per heavy atom. The van der Waals surface area contributed by atoms with E-state index in [-0.39, 0.29) is 11.7 Å². The molecule has 0 bridgehead atoms. The highest BCUT2D eigenvalue weighted by molar-refractivity contribution is 5.54. The van der Waals surface area contributed by atoms with Gasteiger partial charge in [0.2, 0.25) is 0 Å². The molecule has 2 rings (SSSR count). The molecule has 1 N–H and O–H groups in total. The lowest BCUT2D eigenvalue weighted by molar-refractivity contribution is -0.137. The van der Waals surface area contributed by atoms with E-state index in [0.717, 1.165) is 17.2 Å². The highest BCUT2D eigenvalue weighted by Crippen LogP contribution is 2.35. The summed E-state index contributed by atoms with van der Waals surface area (Å²) in [7, 11) is 0. The van der Waals surface area contributed by atoms with Crippen LogP contribution in [0.4, 0.5) is 18.9 Å². The van der Waals surface area contributed by atoms with Crippen LogP contribution < -0.4 is 5.32 Å². The number of rotatable bonds is 3. The van der Waals surface area contributed by atoms with E-state index in [1.807, 2.05) is 38.1 Å². The topological polar surface area (TPSA) is 12.0 Å². The molecule has 0 spiro atoms. The number of anilines is 1. The number of aryl methyl sites for hydroxylation is 1. The highest BCUT2D eigenvalue weighted by Gasteiger charge is 2.33. The van der Waals surface area contributed by atoms with E-state index in [0.29, 0.717) is 0 Å². The Hall–Kier alpha value is -1.97. The summed E-state index contributed by atoms with van der Waals surface area (Å²) in [6.45, 7) is 3.81. The van der Waals surface area contributed by atoms with Gasteiger partial charge in [-0.1, -0.05) is 42.0 Å². The summed E-state index contributed by atoms with van der Waals surface area (Å²) in [5.41, 5.74) is 1.51. The summed E-state index contributed by atoms with van der Waals surface area (Å²) >= 11 is 0. The zero-order chi connectivity index (χ0) is 14.8. The summed E-state index contributed by atoms with van der Waals surface area (Å²) in [6, 6.07) is 13.1. The number of halogens is 3. The van der Waals surface area contributed by atoms with Gasteiger partial charge in [-0.2, -0.15) is 13.2 Å². The zero-order valence-electron chi connectivity index (χ0n) is 11.3. The third-order valence-corrected chi connectivity index (χ3v) is 3.15. The molecule has 0 aliphatic heterocycles. The Balaban J connectivity index is 2.26. The molecular weight excluding hydrogens is 263 g/mol. The van der Waals surface area contributed by atoms with Gasteiger partial charge < -0.3 is 5.32 Å². The summed E-state index contributed by atoms with van der Waals surface area (Å²) in [5.74, 6) is 0. The number of benzene rings is 2. The van der Waals surface area contributed by atoms with Crippen molar-refractivity contribution in [1.29, 1.82) is 0 Å². The number of para-hydroxylation sites is 1. The van der Waals surface area contributed by atoms with Crippen LogP contribution in [0, 0.1) is 6.92 Å². The molecule has 0 heterocycles. The maximum atomic E-state index is 12.9. The van der Waals surface area contributed by atoms with Gasteiger partial charge in [0.25, 0.3) is 0 Å². The van der Waals surface area contributed by atoms with Gasteiger partial charge in [0, 0.05) is 11.7 Å². The molecule has 2 aromatic carbocycles. The standard InChI is InChI=1S/C16H16F3N/c1-11-6-5-7-13(10-11)12(2)20-15-9-4-3-8-14(15)16(17,18)19/h3-10,12,20H,1-2H3. The first-order valence-corrected chi connectivity index (χ1v) is 6.37. The van der Waals surface area contributed by atoms with E-state index in [4.69, 9.17) is 0 Å². The number of alkyl halides is 3. The van der Waals surface area contributed by atoms with Crippen LogP contribution in [0.5, 0.6) is 0 Å². The Morgan fingerprint density at radius 1 is 1.00 bits per heavy atom. The van der Waals surface area contributed by atoms with E-state index < -0.39 is 11.7 Å². The third-order valence-electron chi connectivity index (χ3n) is 3.15. The second kappa shape index (κ2) is 5.57. The largest absolute Gasteiger partial charge is 0.418 e. The average molecular weight is 279 g/mol. The molecule has 20 heavy (non-hydrogen) atoms. The van der Waals surface area contributed by atoms with Gasteiger partial charge >= 0.3 is 6.18 Å². The van der Waals surface area contributed by atoms with E-state index in [9.17, 15) is 13.2 Å². The monoisotopic (exact) mass is 279 g/mol. The van der Waals surface area contributed by atoms with E-state index in [1.54, 1.807) is 6.07 Å². The van der Waals surface area contributed by atoms with Crippen molar-refractivity contribution < 1.29 is 13.2 Å². The number of nitrogens with one attached hydrogen (secondary N) is 1. The van der Waals surface area contributed by atoms with Gasteiger partial charge in [0.1, 0.15) is 0 Å². The molecule has 1 nitrogen and oxygen atoms in total. The summed E-state index contributed by atoms with van der Waals surface area (Å²) < 4.78 is 38.8. The fourth-order valence-electron chi connectivity index (χ4n) is 2.11. The first-order chi connectivity index (χ1) is 9.38. The zero-order valence-corrected chi connectivity index (χ0v) is 11.3. The lowest BCUT2D eigenvalue weighted by atomic mass is 10.0. The van der Waals surface area contributed by atoms with Crippen molar-refractivity contribution in [2.45, 2.75) is 26.1 Å². The minimum Gasteiger partial charge on any atom is -0.378 e. The fourth-order valence-corrected chi connectivity index (χ4v) is 2.11. The molecule has 0 radical (unpaired) electrons. The molecule has 0 aromatic heterocycles. The van der Waals surface area contributed by atoms with Crippen LogP contribution >= 0.6 is 0 Å². The Labute approximate surface area is 116 Å². The van der Waals surface area contributed by atoms with Crippen molar-refractivity contribution in [2.24, 2.45) is 0 Å². The lowest BCUT2D eigenvalue weighted by Crippen LogP contribution is -2.13. The molecule has 0 aliphatic rings. The molecule has 0 saturated heterocycles. The van der Waals surface area contributed by atoms with E-state index in [1.165, 1.54) is 12.1 Å². The van der Waals surface area contributed by atoms with E-state index >= 15 is 0 Å². The normalized spacial score (nSPS) is 13.1. The first kappa shape index (κ1) is 14.4. The van der Waals surface area contributed by atoms with E-state index in [2.05, 4.69) is 5.32 Å². The molecule has 106 valence electrons. The van der Waals surface area contributed by atoms with Crippen molar-refractivity contribution in [3.05, 3.63) is 65.2 Å². The van der Waals surface area contributed by atoms with Gasteiger partial charge in [-0.05, 0) is 31.5 Å². The maximum absolute atomic E-state index is 12.9. The second-order valence-corrected chi connectivity index (χ2v) is 4.82. The van der Waals surface area contributed by atoms with Crippen LogP contribution in [0.2, 0.25) is 0 Å². The van der Waals surface area contributed by atoms with Crippen LogP contribution in [0.25, 0.3) is 0 Å². The van der Waals surface area contributed by atoms with Crippen molar-refractivity contribution in [2.75, 3.05) is 5.32 Å². The molecule has 0 aliphatic carbocycles. The van der Waals surface area contributed by atoms with Crippen molar-refractivity contribution in [3.63, 3.8) is 0 Å². The van der Waals surface area contributed by atoms with Crippen molar-refractivity contribution in [3.8, 4) is 0 Å². The maximum Gasteiger partial charge on any atom is 0.418 e. The minimum absolute atomic E-state index is 0.106. The van der Waals surface area contributed by atoms with Gasteiger partial charge in [0.05, 0.1) is 5.56 Å². The summed E-state index contributed by atoms with van der Waals surface area (Å²) in [5, 5.41) is 2.94. The van der Waals surface area contributed by atoms with Gasteiger partial charge in [-0.3, -0.25) is 0 Å². The van der Waals surface area contributed by atoms with Crippen molar-refractivity contribution >= 4 is 5.69 Å². The molecule has 0 fully saturated rings. The molecule has 1 unspecified atom stereocenters. The second-order valence-electron chi connectivity index (χ2n) is 4.82. The fraction of sp³-hybridized carbons (Fsp3) is 0.250. The minimum atomic E-state index is -4.35. The number of hydrogen-bond acceptors (Lipinski definition) is 1. The predicted molar refractivity (Wildman–Crippen MR) is 74.7 cm³/mol. The van der Waals surface area contributed by atoms with Crippen LogP contribution in [0.3, 0.4) is 0 Å². The quantitative estimate of drug-likeness (QED) is 0.815. The van der Waals surface area contributed by atoms with Gasteiger partial charge in [0.15, 0.2) is 0 Å². The molecule has 0 amide bonds. The van der Waals surface area contributed by atoms with Crippen molar-refractivity contribution in [1.82, 2.24) is 0 Å². The lowest BCUT2D eigenvalue weighted by Gasteiger charge is -2.20. The Morgan fingerprint density at radius 2 is 1.70 bits per heavy atom. The van der Waals surface area contributed by atoms with Crippen LogP contribution in [-0.4, -0.2) is 0 Å². The third kappa shape index (κ3) is 3.32. The Kier molecular flexibility index (Phi) is 4.02. The Bertz CT molecular complexity index is 590. The predicted octanol–water partition coefficient (Wildman–Crippen LogP) is 5.19. The summed E-state index contributed by atoms with van der Waals surface area (Å²) in [4.78, 5) is 0. The number of hydrogen-bond donors (Lipinski definition) is 1. The van der Waals surface area contributed by atoms with Crippen LogP contribution in [-0.2, 0) is 6.18 Å². The SMILES string of the molecule is Cc1cccc(C(C)Nc2ccccc2C(F)(F)F)c1. The van der Waals surface area contributed by atoms with Gasteiger partial charge in [-0.15, -0.1) is 0 Å². The van der Waals surface area contributed by atoms with Crippen LogP contribution in [0.1, 0.15) is 29.7 Å². The molecular formula is C16H16F3N. The molecule has 0 saturated carbocycles. The molecule has 4 heteroatoms. The van der Waals surface area contributed by atoms with Gasteiger partial charge in [-0.25, -0.2) is 0 Å².